The molecule has 2 rings (SSSR count). The van der Waals surface area contributed by atoms with E-state index in [-0.39, 0.29) is 29.2 Å². The quantitative estimate of drug-likeness (QED) is 0.822. The zero-order valence-corrected chi connectivity index (χ0v) is 12.0. The van der Waals surface area contributed by atoms with Crippen LogP contribution in [0.2, 0.25) is 5.02 Å². The van der Waals surface area contributed by atoms with Crippen molar-refractivity contribution in [3.63, 3.8) is 0 Å². The van der Waals surface area contributed by atoms with E-state index < -0.39 is 10.0 Å². The molecule has 0 aromatic carbocycles. The van der Waals surface area contributed by atoms with Crippen molar-refractivity contribution in [2.45, 2.75) is 11.1 Å². The van der Waals surface area contributed by atoms with Crippen LogP contribution in [-0.4, -0.2) is 57.2 Å². The van der Waals surface area contributed by atoms with Crippen LogP contribution in [0.4, 0.5) is 0 Å². The van der Waals surface area contributed by atoms with E-state index in [1.54, 1.807) is 13.2 Å². The first kappa shape index (κ1) is 14.7. The largest absolute Gasteiger partial charge is 0.382 e. The van der Waals surface area contributed by atoms with Gasteiger partial charge in [0.2, 0.25) is 0 Å². The Bertz CT molecular complexity index is 535. The number of morpholine rings is 1. The molecule has 0 amide bonds. The first-order valence-electron chi connectivity index (χ1n) is 5.77. The third-order valence-electron chi connectivity index (χ3n) is 2.76. The molecule has 0 bridgehead atoms. The molecule has 8 heteroatoms. The van der Waals surface area contributed by atoms with Crippen LogP contribution < -0.4 is 0 Å². The van der Waals surface area contributed by atoms with E-state index in [1.165, 1.54) is 16.6 Å². The van der Waals surface area contributed by atoms with Gasteiger partial charge in [0.1, 0.15) is 0 Å². The number of ether oxygens (including phenoxy) is 2. The van der Waals surface area contributed by atoms with E-state index in [9.17, 15) is 8.42 Å². The fourth-order valence-electron chi connectivity index (χ4n) is 1.88. The van der Waals surface area contributed by atoms with Crippen LogP contribution in [0.1, 0.15) is 0 Å². The summed E-state index contributed by atoms with van der Waals surface area (Å²) in [6.07, 6.45) is 1.14. The number of methoxy groups -OCH3 is 1. The third-order valence-corrected chi connectivity index (χ3v) is 5.01. The summed E-state index contributed by atoms with van der Waals surface area (Å²) in [4.78, 5) is 3.86. The van der Waals surface area contributed by atoms with E-state index in [2.05, 4.69) is 4.98 Å². The maximum absolute atomic E-state index is 12.4. The Labute approximate surface area is 117 Å². The predicted octanol–water partition coefficient (Wildman–Crippen LogP) is 0.771. The van der Waals surface area contributed by atoms with Gasteiger partial charge in [0.15, 0.2) is 5.03 Å². The fourth-order valence-corrected chi connectivity index (χ4v) is 3.73. The van der Waals surface area contributed by atoms with Gasteiger partial charge < -0.3 is 9.47 Å². The standard InChI is InChI=1S/C11H15ClN2O4S/c1-17-8-9-7-14(5-6-18-9)19(15,16)11-10(12)3-2-4-13-11/h2-4,9H,5-8H2,1H3/t9-/m0/s1. The van der Waals surface area contributed by atoms with E-state index >= 15 is 0 Å². The second-order valence-corrected chi connectivity index (χ2v) is 6.36. The molecular formula is C11H15ClN2O4S. The second kappa shape index (κ2) is 6.15. The highest BCUT2D eigenvalue weighted by Crippen LogP contribution is 2.23. The van der Waals surface area contributed by atoms with Crippen molar-refractivity contribution < 1.29 is 17.9 Å². The van der Waals surface area contributed by atoms with Gasteiger partial charge in [0, 0.05) is 26.4 Å². The van der Waals surface area contributed by atoms with Crippen LogP contribution in [-0.2, 0) is 19.5 Å². The second-order valence-electron chi connectivity index (χ2n) is 4.10. The van der Waals surface area contributed by atoms with Gasteiger partial charge in [-0.3, -0.25) is 0 Å². The summed E-state index contributed by atoms with van der Waals surface area (Å²) in [5, 5.41) is 0.00650. The lowest BCUT2D eigenvalue weighted by Gasteiger charge is -2.31. The van der Waals surface area contributed by atoms with Gasteiger partial charge in [-0.2, -0.15) is 4.31 Å². The van der Waals surface area contributed by atoms with Gasteiger partial charge >= 0.3 is 0 Å². The molecule has 1 aromatic rings. The molecule has 0 unspecified atom stereocenters. The normalized spacial score (nSPS) is 21.5. The smallest absolute Gasteiger partial charge is 0.262 e. The Kier molecular flexibility index (Phi) is 4.75. The number of halogens is 1. The van der Waals surface area contributed by atoms with Gasteiger partial charge in [-0.05, 0) is 12.1 Å². The predicted molar refractivity (Wildman–Crippen MR) is 69.6 cm³/mol. The minimum atomic E-state index is -3.69. The van der Waals surface area contributed by atoms with Gasteiger partial charge in [-0.1, -0.05) is 11.6 Å². The van der Waals surface area contributed by atoms with Crippen LogP contribution >= 0.6 is 11.6 Å². The summed E-state index contributed by atoms with van der Waals surface area (Å²) < 4.78 is 36.6. The molecule has 1 aliphatic rings. The molecule has 1 saturated heterocycles. The van der Waals surface area contributed by atoms with Crippen molar-refractivity contribution in [3.8, 4) is 0 Å². The Morgan fingerprint density at radius 3 is 3.11 bits per heavy atom. The molecule has 1 aliphatic heterocycles. The van der Waals surface area contributed by atoms with E-state index in [4.69, 9.17) is 21.1 Å². The molecule has 1 fully saturated rings. The summed E-state index contributed by atoms with van der Waals surface area (Å²) in [6, 6.07) is 3.10. The Morgan fingerprint density at radius 1 is 1.63 bits per heavy atom. The minimum Gasteiger partial charge on any atom is -0.382 e. The number of aromatic nitrogens is 1. The maximum Gasteiger partial charge on any atom is 0.262 e. The monoisotopic (exact) mass is 306 g/mol. The molecule has 0 radical (unpaired) electrons. The van der Waals surface area contributed by atoms with Crippen molar-refractivity contribution in [2.75, 3.05) is 33.4 Å². The van der Waals surface area contributed by atoms with Crippen molar-refractivity contribution in [1.82, 2.24) is 9.29 Å². The van der Waals surface area contributed by atoms with Crippen molar-refractivity contribution >= 4 is 21.6 Å². The van der Waals surface area contributed by atoms with E-state index in [1.807, 2.05) is 0 Å². The van der Waals surface area contributed by atoms with Crippen LogP contribution in [0, 0.1) is 0 Å². The highest BCUT2D eigenvalue weighted by atomic mass is 35.5. The molecule has 106 valence electrons. The zero-order valence-electron chi connectivity index (χ0n) is 10.5. The molecule has 0 N–H and O–H groups in total. The van der Waals surface area contributed by atoms with E-state index in [0.29, 0.717) is 13.2 Å². The maximum atomic E-state index is 12.4. The lowest BCUT2D eigenvalue weighted by Crippen LogP contribution is -2.47. The molecule has 0 saturated carbocycles. The summed E-state index contributed by atoms with van der Waals surface area (Å²) in [6.45, 7) is 1.21. The summed E-state index contributed by atoms with van der Waals surface area (Å²) in [5.41, 5.74) is 0. The summed E-state index contributed by atoms with van der Waals surface area (Å²) >= 11 is 5.90. The van der Waals surface area contributed by atoms with Crippen LogP contribution in [0.15, 0.2) is 23.4 Å². The van der Waals surface area contributed by atoms with Crippen molar-refractivity contribution in [2.24, 2.45) is 0 Å². The van der Waals surface area contributed by atoms with Crippen LogP contribution in [0.3, 0.4) is 0 Å². The highest BCUT2D eigenvalue weighted by Gasteiger charge is 2.32. The van der Waals surface area contributed by atoms with Gasteiger partial charge in [-0.15, -0.1) is 0 Å². The molecule has 19 heavy (non-hydrogen) atoms. The Hall–Kier alpha value is -0.730. The molecule has 0 spiro atoms. The fraction of sp³-hybridized carbons (Fsp3) is 0.545. The lowest BCUT2D eigenvalue weighted by molar-refractivity contribution is -0.0407. The van der Waals surface area contributed by atoms with Crippen LogP contribution in [0.5, 0.6) is 0 Å². The van der Waals surface area contributed by atoms with Crippen molar-refractivity contribution in [1.29, 1.82) is 0 Å². The molecular weight excluding hydrogens is 292 g/mol. The Morgan fingerprint density at radius 2 is 2.42 bits per heavy atom. The topological polar surface area (TPSA) is 68.7 Å². The lowest BCUT2D eigenvalue weighted by atomic mass is 10.3. The summed E-state index contributed by atoms with van der Waals surface area (Å²) in [5.74, 6) is 0. The number of nitrogens with zero attached hydrogens (tertiary/aromatic N) is 2. The molecule has 0 aliphatic carbocycles. The number of sulfonamides is 1. The number of pyridine rings is 1. The molecule has 1 atom stereocenters. The molecule has 2 heterocycles. The van der Waals surface area contributed by atoms with Gasteiger partial charge in [0.05, 0.1) is 24.3 Å². The SMILES string of the molecule is COC[C@@H]1CN(S(=O)(=O)c2ncccc2Cl)CCO1. The van der Waals surface area contributed by atoms with E-state index in [0.717, 1.165) is 0 Å². The minimum absolute atomic E-state index is 0.116. The molecule has 6 nitrogen and oxygen atoms in total. The number of rotatable bonds is 4. The first-order valence-corrected chi connectivity index (χ1v) is 7.58. The first-order chi connectivity index (χ1) is 9.05. The average molecular weight is 307 g/mol. The molecule has 1 aromatic heterocycles. The highest BCUT2D eigenvalue weighted by molar-refractivity contribution is 7.89. The number of hydrogen-bond acceptors (Lipinski definition) is 5. The van der Waals surface area contributed by atoms with Gasteiger partial charge in [0.25, 0.3) is 10.0 Å². The van der Waals surface area contributed by atoms with Gasteiger partial charge in [-0.25, -0.2) is 13.4 Å². The third kappa shape index (κ3) is 3.24. The number of hydrogen-bond donors (Lipinski definition) is 0. The van der Waals surface area contributed by atoms with Crippen LogP contribution in [0.25, 0.3) is 0 Å². The van der Waals surface area contributed by atoms with Crippen molar-refractivity contribution in [3.05, 3.63) is 23.4 Å². The summed E-state index contributed by atoms with van der Waals surface area (Å²) in [7, 11) is -2.14. The average Bonchev–Trinajstić information content (AvgIpc) is 2.40. The zero-order chi connectivity index (χ0) is 13.9. The Balaban J connectivity index is 2.22.